The number of nitrogens with zero attached hydrogens (tertiary/aromatic N) is 1. The molecule has 3 aromatic rings. The van der Waals surface area contributed by atoms with Crippen molar-refractivity contribution in [2.45, 2.75) is 4.90 Å². The summed E-state index contributed by atoms with van der Waals surface area (Å²) in [5.74, 6) is -2.38. The molecule has 0 fully saturated rings. The van der Waals surface area contributed by atoms with Crippen molar-refractivity contribution in [2.75, 3.05) is 17.7 Å². The second kappa shape index (κ2) is 7.50. The molecule has 0 saturated heterocycles. The van der Waals surface area contributed by atoms with Crippen molar-refractivity contribution in [3.05, 3.63) is 95.6 Å². The summed E-state index contributed by atoms with van der Waals surface area (Å²) in [5, 5.41) is 0. The number of amides is 1. The number of para-hydroxylation sites is 1. The Hall–Kier alpha value is -3.32. The van der Waals surface area contributed by atoms with Gasteiger partial charge in [-0.05, 0) is 53.1 Å². The summed E-state index contributed by atoms with van der Waals surface area (Å²) >= 11 is 0. The van der Waals surface area contributed by atoms with Crippen molar-refractivity contribution in [3.8, 4) is 0 Å². The van der Waals surface area contributed by atoms with Crippen LogP contribution in [-0.4, -0.2) is 27.1 Å². The van der Waals surface area contributed by atoms with Gasteiger partial charge in [0.15, 0.2) is 21.5 Å². The van der Waals surface area contributed by atoms with Crippen LogP contribution in [0.15, 0.2) is 77.7 Å². The van der Waals surface area contributed by atoms with Gasteiger partial charge in [0.1, 0.15) is 0 Å². The van der Waals surface area contributed by atoms with Crippen LogP contribution in [0, 0.1) is 11.6 Å². The fourth-order valence-corrected chi connectivity index (χ4v) is 4.11. The van der Waals surface area contributed by atoms with Crippen LogP contribution in [0.2, 0.25) is 0 Å². The third-order valence-corrected chi connectivity index (χ3v) is 6.11. The van der Waals surface area contributed by atoms with Gasteiger partial charge in [-0.15, -0.1) is 0 Å². The maximum Gasteiger partial charge on any atom is 0.259 e. The lowest BCUT2D eigenvalue weighted by Gasteiger charge is -2.17. The van der Waals surface area contributed by atoms with Crippen molar-refractivity contribution < 1.29 is 22.0 Å². The highest BCUT2D eigenvalue weighted by molar-refractivity contribution is 7.90. The standard InChI is InChI=1S/C23H17F2NO3S/c1-30(28,29)18-10-7-15(8-11-18)19-14-26(17-5-3-2-4-6-17)23(27)22(19)16-9-12-20(24)21(25)13-16/h2-13H,14H2,1H3. The summed E-state index contributed by atoms with van der Waals surface area (Å²) in [6, 6.07) is 18.5. The van der Waals surface area contributed by atoms with E-state index in [-0.39, 0.29) is 28.5 Å². The number of carbonyl (C=O) groups is 1. The first-order chi connectivity index (χ1) is 14.3. The van der Waals surface area contributed by atoms with Crippen LogP contribution >= 0.6 is 0 Å². The van der Waals surface area contributed by atoms with E-state index in [1.807, 2.05) is 6.07 Å². The minimum Gasteiger partial charge on any atom is -0.304 e. The van der Waals surface area contributed by atoms with Crippen LogP contribution in [-0.2, 0) is 14.6 Å². The number of hydrogen-bond donors (Lipinski definition) is 0. The largest absolute Gasteiger partial charge is 0.304 e. The number of carbonyl (C=O) groups excluding carboxylic acids is 1. The van der Waals surface area contributed by atoms with Crippen molar-refractivity contribution in [1.82, 2.24) is 0 Å². The number of halogens is 2. The average molecular weight is 425 g/mol. The molecule has 4 nitrogen and oxygen atoms in total. The van der Waals surface area contributed by atoms with Gasteiger partial charge in [0.25, 0.3) is 5.91 Å². The number of sulfone groups is 1. The summed E-state index contributed by atoms with van der Waals surface area (Å²) in [5.41, 5.74) is 2.43. The topological polar surface area (TPSA) is 54.5 Å². The molecule has 1 amide bonds. The van der Waals surface area contributed by atoms with E-state index in [0.29, 0.717) is 16.8 Å². The minimum atomic E-state index is -3.37. The average Bonchev–Trinajstić information content (AvgIpc) is 3.07. The first-order valence-corrected chi connectivity index (χ1v) is 11.0. The maximum absolute atomic E-state index is 13.9. The Bertz CT molecular complexity index is 1270. The second-order valence-corrected chi connectivity index (χ2v) is 9.02. The molecule has 1 heterocycles. The number of anilines is 1. The Balaban J connectivity index is 1.86. The van der Waals surface area contributed by atoms with Crippen LogP contribution in [0.1, 0.15) is 11.1 Å². The van der Waals surface area contributed by atoms with Crippen LogP contribution in [0.3, 0.4) is 0 Å². The van der Waals surface area contributed by atoms with Gasteiger partial charge in [0.2, 0.25) is 0 Å². The van der Waals surface area contributed by atoms with Crippen LogP contribution in [0.5, 0.6) is 0 Å². The molecule has 152 valence electrons. The molecule has 1 aliphatic heterocycles. The van der Waals surface area contributed by atoms with Crippen LogP contribution < -0.4 is 4.90 Å². The van der Waals surface area contributed by atoms with Gasteiger partial charge >= 0.3 is 0 Å². The molecule has 0 atom stereocenters. The predicted molar refractivity (Wildman–Crippen MR) is 112 cm³/mol. The van der Waals surface area contributed by atoms with Crippen molar-refractivity contribution in [2.24, 2.45) is 0 Å². The summed E-state index contributed by atoms with van der Waals surface area (Å²) < 4.78 is 50.9. The van der Waals surface area contributed by atoms with Gasteiger partial charge in [-0.1, -0.05) is 36.4 Å². The molecular formula is C23H17F2NO3S. The zero-order chi connectivity index (χ0) is 21.5. The lowest BCUT2D eigenvalue weighted by Crippen LogP contribution is -2.26. The number of hydrogen-bond acceptors (Lipinski definition) is 3. The predicted octanol–water partition coefficient (Wildman–Crippen LogP) is 4.33. The molecule has 0 unspecified atom stereocenters. The quantitative estimate of drug-likeness (QED) is 0.625. The molecule has 0 bridgehead atoms. The molecule has 0 N–H and O–H groups in total. The molecule has 0 aliphatic carbocycles. The van der Waals surface area contributed by atoms with Gasteiger partial charge in [-0.25, -0.2) is 17.2 Å². The Morgan fingerprint density at radius 1 is 0.833 bits per heavy atom. The van der Waals surface area contributed by atoms with Gasteiger partial charge < -0.3 is 4.90 Å². The molecule has 0 spiro atoms. The lowest BCUT2D eigenvalue weighted by molar-refractivity contribution is -0.112. The first-order valence-electron chi connectivity index (χ1n) is 9.11. The molecule has 7 heteroatoms. The molecule has 4 rings (SSSR count). The maximum atomic E-state index is 13.9. The molecule has 30 heavy (non-hydrogen) atoms. The van der Waals surface area contributed by atoms with Crippen molar-refractivity contribution in [1.29, 1.82) is 0 Å². The van der Waals surface area contributed by atoms with Crippen LogP contribution in [0.25, 0.3) is 11.1 Å². The Labute approximate surface area is 173 Å². The Morgan fingerprint density at radius 2 is 1.47 bits per heavy atom. The second-order valence-electron chi connectivity index (χ2n) is 7.01. The van der Waals surface area contributed by atoms with E-state index in [9.17, 15) is 22.0 Å². The van der Waals surface area contributed by atoms with Crippen LogP contribution in [0.4, 0.5) is 14.5 Å². The third-order valence-electron chi connectivity index (χ3n) is 4.98. The number of rotatable bonds is 4. The zero-order valence-electron chi connectivity index (χ0n) is 16.0. The molecule has 1 aliphatic rings. The van der Waals surface area contributed by atoms with Gasteiger partial charge in [-0.2, -0.15) is 0 Å². The normalized spacial score (nSPS) is 14.5. The van der Waals surface area contributed by atoms with Crippen molar-refractivity contribution in [3.63, 3.8) is 0 Å². The van der Waals surface area contributed by atoms with E-state index in [1.165, 1.54) is 18.2 Å². The third kappa shape index (κ3) is 3.64. The minimum absolute atomic E-state index is 0.158. The zero-order valence-corrected chi connectivity index (χ0v) is 16.8. The van der Waals surface area contributed by atoms with Gasteiger partial charge in [-0.3, -0.25) is 4.79 Å². The first kappa shape index (κ1) is 20.0. The fourth-order valence-electron chi connectivity index (χ4n) is 3.48. The molecule has 3 aromatic carbocycles. The summed E-state index contributed by atoms with van der Waals surface area (Å²) in [6.07, 6.45) is 1.12. The smallest absolute Gasteiger partial charge is 0.259 e. The Kier molecular flexibility index (Phi) is 4.99. The summed E-state index contributed by atoms with van der Waals surface area (Å²) in [7, 11) is -3.37. The highest BCUT2D eigenvalue weighted by atomic mass is 32.2. The van der Waals surface area contributed by atoms with E-state index in [4.69, 9.17) is 0 Å². The van der Waals surface area contributed by atoms with E-state index in [0.717, 1.165) is 18.4 Å². The highest BCUT2D eigenvalue weighted by Crippen LogP contribution is 2.37. The SMILES string of the molecule is CS(=O)(=O)c1ccc(C2=C(c3ccc(F)c(F)c3)C(=O)N(c3ccccc3)C2)cc1. The van der Waals surface area contributed by atoms with E-state index in [1.54, 1.807) is 41.3 Å². The highest BCUT2D eigenvalue weighted by Gasteiger charge is 2.33. The van der Waals surface area contributed by atoms with E-state index in [2.05, 4.69) is 0 Å². The van der Waals surface area contributed by atoms with Gasteiger partial charge in [0, 0.05) is 11.9 Å². The van der Waals surface area contributed by atoms with Crippen molar-refractivity contribution >= 4 is 32.6 Å². The Morgan fingerprint density at radius 3 is 2.07 bits per heavy atom. The molecule has 0 aromatic heterocycles. The summed E-state index contributed by atoms with van der Waals surface area (Å²) in [6.45, 7) is 0.218. The van der Waals surface area contributed by atoms with E-state index >= 15 is 0 Å². The lowest BCUT2D eigenvalue weighted by atomic mass is 9.96. The fraction of sp³-hybridized carbons (Fsp3) is 0.0870. The monoisotopic (exact) mass is 425 g/mol. The number of benzene rings is 3. The summed E-state index contributed by atoms with van der Waals surface area (Å²) in [4.78, 5) is 15.0. The molecule has 0 radical (unpaired) electrons. The molecule has 0 saturated carbocycles. The molecular weight excluding hydrogens is 408 g/mol. The van der Waals surface area contributed by atoms with E-state index < -0.39 is 21.5 Å². The van der Waals surface area contributed by atoms with Gasteiger partial charge in [0.05, 0.1) is 17.0 Å².